The first-order chi connectivity index (χ1) is 17.4. The van der Waals surface area contributed by atoms with Gasteiger partial charge in [-0.2, -0.15) is 23.5 Å². The topological polar surface area (TPSA) is 101 Å². The summed E-state index contributed by atoms with van der Waals surface area (Å²) in [6.45, 7) is 1.37. The number of esters is 1. The molecule has 0 bridgehead atoms. The summed E-state index contributed by atoms with van der Waals surface area (Å²) in [7, 11) is 0. The SMILES string of the molecule is CCOC(=O)C1SC(c2cc(Cl)c(Cl)c(Cl)c2)(C(F)(F)F)CC1(O)c1ccc(-n2cncn2)c(C#N)c1. The molecule has 3 aromatic rings. The Morgan fingerprint density at radius 2 is 1.95 bits per heavy atom. The minimum Gasteiger partial charge on any atom is -0.465 e. The van der Waals surface area contributed by atoms with E-state index in [4.69, 9.17) is 39.5 Å². The quantitative estimate of drug-likeness (QED) is 0.295. The van der Waals surface area contributed by atoms with Crippen molar-refractivity contribution >= 4 is 52.5 Å². The number of halogens is 6. The molecule has 1 aromatic heterocycles. The Bertz CT molecular complexity index is 1380. The van der Waals surface area contributed by atoms with Crippen molar-refractivity contribution in [2.45, 2.75) is 35.1 Å². The molecule has 0 spiro atoms. The molecular formula is C23H16Cl3F3N4O3S. The van der Waals surface area contributed by atoms with Crippen molar-refractivity contribution in [2.75, 3.05) is 6.61 Å². The molecule has 1 N–H and O–H groups in total. The Balaban J connectivity index is 1.93. The first kappa shape index (κ1) is 27.5. The molecule has 37 heavy (non-hydrogen) atoms. The third kappa shape index (κ3) is 4.66. The van der Waals surface area contributed by atoms with Crippen LogP contribution in [0.25, 0.3) is 5.69 Å². The van der Waals surface area contributed by atoms with E-state index in [1.807, 2.05) is 6.07 Å². The van der Waals surface area contributed by atoms with Crippen molar-refractivity contribution in [1.82, 2.24) is 14.8 Å². The van der Waals surface area contributed by atoms with E-state index in [1.54, 1.807) is 0 Å². The van der Waals surface area contributed by atoms with Crippen molar-refractivity contribution in [2.24, 2.45) is 0 Å². The minimum absolute atomic E-state index is 0.00822. The van der Waals surface area contributed by atoms with E-state index in [9.17, 15) is 28.3 Å². The highest BCUT2D eigenvalue weighted by Gasteiger charge is 2.69. The lowest BCUT2D eigenvalue weighted by Gasteiger charge is -2.33. The van der Waals surface area contributed by atoms with E-state index in [-0.39, 0.29) is 50.3 Å². The molecule has 4 rings (SSSR count). The second-order valence-corrected chi connectivity index (χ2v) is 10.7. The lowest BCUT2D eigenvalue weighted by Crippen LogP contribution is -2.42. The highest BCUT2D eigenvalue weighted by molar-refractivity contribution is 8.02. The molecule has 2 heterocycles. The van der Waals surface area contributed by atoms with Crippen molar-refractivity contribution in [3.63, 3.8) is 0 Å². The van der Waals surface area contributed by atoms with Gasteiger partial charge in [-0.15, -0.1) is 11.8 Å². The van der Waals surface area contributed by atoms with Gasteiger partial charge < -0.3 is 9.84 Å². The van der Waals surface area contributed by atoms with Gasteiger partial charge in [-0.05, 0) is 42.3 Å². The summed E-state index contributed by atoms with van der Waals surface area (Å²) in [6.07, 6.45) is -3.40. The number of carbonyl (C=O) groups is 1. The Morgan fingerprint density at radius 3 is 2.49 bits per heavy atom. The smallest absolute Gasteiger partial charge is 0.407 e. The van der Waals surface area contributed by atoms with Crippen molar-refractivity contribution < 1.29 is 27.8 Å². The van der Waals surface area contributed by atoms with E-state index >= 15 is 0 Å². The van der Waals surface area contributed by atoms with Crippen LogP contribution in [0.2, 0.25) is 15.1 Å². The normalized spacial score (nSPS) is 23.6. The molecule has 194 valence electrons. The molecule has 1 saturated heterocycles. The summed E-state index contributed by atoms with van der Waals surface area (Å²) in [6, 6.07) is 7.92. The molecule has 0 amide bonds. The number of hydrogen-bond acceptors (Lipinski definition) is 7. The van der Waals surface area contributed by atoms with Crippen molar-refractivity contribution in [3.8, 4) is 11.8 Å². The summed E-state index contributed by atoms with van der Waals surface area (Å²) in [4.78, 5) is 16.8. The van der Waals surface area contributed by atoms with Crippen LogP contribution in [0, 0.1) is 11.3 Å². The number of thioether (sulfide) groups is 1. The standard InChI is InChI=1S/C23H16Cl3F3N4O3S/c1-2-36-20(34)19-21(35,13-3-4-17(12(5-13)8-30)33-11-31-10-32-33)9-22(37-19,23(27,28)29)14-6-15(24)18(26)16(25)7-14/h3-7,10-11,19,35H,2,9H2,1H3. The molecule has 0 aliphatic carbocycles. The van der Waals surface area contributed by atoms with Gasteiger partial charge >= 0.3 is 12.1 Å². The van der Waals surface area contributed by atoms with E-state index in [1.165, 1.54) is 42.5 Å². The number of ether oxygens (including phenoxy) is 1. The van der Waals surface area contributed by atoms with E-state index in [0.717, 1.165) is 12.1 Å². The van der Waals surface area contributed by atoms with Crippen LogP contribution >= 0.6 is 46.6 Å². The van der Waals surface area contributed by atoms with Gasteiger partial charge in [0.1, 0.15) is 34.3 Å². The number of aliphatic hydroxyl groups is 1. The number of hydrogen-bond donors (Lipinski definition) is 1. The maximum absolute atomic E-state index is 14.9. The lowest BCUT2D eigenvalue weighted by atomic mass is 9.78. The van der Waals surface area contributed by atoms with Crippen LogP contribution in [0.5, 0.6) is 0 Å². The first-order valence-corrected chi connectivity index (χ1v) is 12.6. The number of aromatic nitrogens is 3. The van der Waals surface area contributed by atoms with Gasteiger partial charge in [-0.1, -0.05) is 40.9 Å². The molecule has 7 nitrogen and oxygen atoms in total. The monoisotopic (exact) mass is 590 g/mol. The predicted molar refractivity (Wildman–Crippen MR) is 132 cm³/mol. The average Bonchev–Trinajstić information content (AvgIpc) is 3.49. The summed E-state index contributed by atoms with van der Waals surface area (Å²) in [5, 5.41) is 23.2. The number of nitrogens with zero attached hydrogens (tertiary/aromatic N) is 4. The van der Waals surface area contributed by atoms with Crippen LogP contribution in [-0.2, 0) is 19.9 Å². The predicted octanol–water partition coefficient (Wildman–Crippen LogP) is 5.81. The molecule has 1 fully saturated rings. The average molecular weight is 592 g/mol. The Labute approximate surface area is 228 Å². The zero-order valence-corrected chi connectivity index (χ0v) is 21.8. The van der Waals surface area contributed by atoms with Crippen LogP contribution in [0.15, 0.2) is 43.0 Å². The Kier molecular flexibility index (Phi) is 7.44. The summed E-state index contributed by atoms with van der Waals surface area (Å²) < 4.78 is 48.1. The van der Waals surface area contributed by atoms with Crippen LogP contribution in [0.1, 0.15) is 30.0 Å². The minimum atomic E-state index is -4.98. The number of rotatable bonds is 5. The second-order valence-electron chi connectivity index (χ2n) is 8.11. The summed E-state index contributed by atoms with van der Waals surface area (Å²) in [5.74, 6) is -1.05. The van der Waals surface area contributed by atoms with Crippen LogP contribution in [0.3, 0.4) is 0 Å². The molecule has 0 radical (unpaired) electrons. The van der Waals surface area contributed by atoms with Gasteiger partial charge in [-0.25, -0.2) is 9.67 Å². The van der Waals surface area contributed by atoms with E-state index in [0.29, 0.717) is 0 Å². The fraction of sp³-hybridized carbons (Fsp3) is 0.304. The van der Waals surface area contributed by atoms with Crippen molar-refractivity contribution in [3.05, 3.63) is 74.7 Å². The molecule has 1 aliphatic heterocycles. The van der Waals surface area contributed by atoms with E-state index in [2.05, 4.69) is 10.1 Å². The first-order valence-electron chi connectivity index (χ1n) is 10.6. The highest BCUT2D eigenvalue weighted by Crippen LogP contribution is 2.65. The van der Waals surface area contributed by atoms with Gasteiger partial charge in [-0.3, -0.25) is 4.79 Å². The molecule has 2 aromatic carbocycles. The van der Waals surface area contributed by atoms with Gasteiger partial charge in [0, 0.05) is 6.42 Å². The molecular weight excluding hydrogens is 576 g/mol. The fourth-order valence-corrected chi connectivity index (χ4v) is 6.51. The van der Waals surface area contributed by atoms with Crippen molar-refractivity contribution in [1.29, 1.82) is 5.26 Å². The molecule has 1 aliphatic rings. The number of nitriles is 1. The third-order valence-electron chi connectivity index (χ3n) is 5.96. The maximum atomic E-state index is 14.9. The van der Waals surface area contributed by atoms with Gasteiger partial charge in [0.2, 0.25) is 0 Å². The van der Waals surface area contributed by atoms with E-state index < -0.39 is 39.7 Å². The maximum Gasteiger partial charge on any atom is 0.407 e. The van der Waals surface area contributed by atoms with Gasteiger partial charge in [0.25, 0.3) is 0 Å². The van der Waals surface area contributed by atoms with Gasteiger partial charge in [0.05, 0.1) is 32.9 Å². The Morgan fingerprint density at radius 1 is 1.27 bits per heavy atom. The molecule has 3 atom stereocenters. The highest BCUT2D eigenvalue weighted by atomic mass is 35.5. The molecule has 3 unspecified atom stereocenters. The zero-order valence-electron chi connectivity index (χ0n) is 18.8. The fourth-order valence-electron chi connectivity index (χ4n) is 4.24. The zero-order chi connectivity index (χ0) is 27.2. The largest absolute Gasteiger partial charge is 0.465 e. The molecule has 14 heteroatoms. The summed E-state index contributed by atoms with van der Waals surface area (Å²) >= 11 is 18.3. The second kappa shape index (κ2) is 10.0. The third-order valence-corrected chi connectivity index (χ3v) is 8.99. The van der Waals surface area contributed by atoms with Crippen LogP contribution < -0.4 is 0 Å². The van der Waals surface area contributed by atoms with Crippen LogP contribution in [0.4, 0.5) is 13.2 Å². The number of alkyl halides is 3. The van der Waals surface area contributed by atoms with Gasteiger partial charge in [0.15, 0.2) is 0 Å². The Hall–Kier alpha value is -2.49. The molecule has 0 saturated carbocycles. The number of carbonyl (C=O) groups excluding carboxylic acids is 1. The number of benzene rings is 2. The summed E-state index contributed by atoms with van der Waals surface area (Å²) in [5.41, 5.74) is -2.61. The lowest BCUT2D eigenvalue weighted by molar-refractivity contribution is -0.174. The van der Waals surface area contributed by atoms with Crippen LogP contribution in [-0.4, -0.2) is 43.9 Å².